The molecule has 18 unspecified atom stereocenters. The van der Waals surface area contributed by atoms with Gasteiger partial charge in [0.15, 0.2) is 0 Å². The van der Waals surface area contributed by atoms with Crippen molar-refractivity contribution in [2.45, 2.75) is 97.4 Å². The molecular formula is C39H54O13. The van der Waals surface area contributed by atoms with E-state index >= 15 is 0 Å². The van der Waals surface area contributed by atoms with Gasteiger partial charge in [0.2, 0.25) is 0 Å². The predicted molar refractivity (Wildman–Crippen MR) is 178 cm³/mol. The first-order chi connectivity index (χ1) is 24.5. The molecule has 7 rings (SSSR count). The van der Waals surface area contributed by atoms with Gasteiger partial charge in [-0.15, -0.1) is 0 Å². The van der Waals surface area contributed by atoms with E-state index in [0.29, 0.717) is 19.3 Å². The number of carbonyl (C=O) groups excluding carboxylic acids is 4. The second kappa shape index (κ2) is 13.7. The Hall–Kier alpha value is -3.06. The van der Waals surface area contributed by atoms with Crippen molar-refractivity contribution in [3.05, 3.63) is 0 Å². The molecule has 0 aromatic rings. The second-order valence-electron chi connectivity index (χ2n) is 18.2. The van der Waals surface area contributed by atoms with Crippen molar-refractivity contribution in [3.8, 4) is 0 Å². The van der Waals surface area contributed by atoms with Crippen LogP contribution in [0.4, 0.5) is 0 Å². The highest BCUT2D eigenvalue weighted by molar-refractivity contribution is 5.96. The molecule has 0 spiro atoms. The summed E-state index contributed by atoms with van der Waals surface area (Å²) in [4.78, 5) is 77.7. The summed E-state index contributed by atoms with van der Waals surface area (Å²) in [5.74, 6) is -9.74. The summed E-state index contributed by atoms with van der Waals surface area (Å²) < 4.78 is 22.6. The van der Waals surface area contributed by atoms with Crippen molar-refractivity contribution in [1.29, 1.82) is 0 Å². The van der Waals surface area contributed by atoms with Gasteiger partial charge in [0.25, 0.3) is 0 Å². The van der Waals surface area contributed by atoms with Crippen LogP contribution in [0.3, 0.4) is 0 Å². The maximum Gasteiger partial charge on any atom is 0.317 e. The van der Waals surface area contributed by atoms with Crippen molar-refractivity contribution in [2.24, 2.45) is 94.7 Å². The molecule has 13 nitrogen and oxygen atoms in total. The van der Waals surface area contributed by atoms with Crippen LogP contribution in [0.5, 0.6) is 0 Å². The molecule has 4 aliphatic carbocycles. The molecule has 0 aromatic carbocycles. The van der Waals surface area contributed by atoms with E-state index in [0.717, 1.165) is 19.3 Å². The number of aliphatic carboxylic acids is 2. The minimum atomic E-state index is -1.16. The summed E-state index contributed by atoms with van der Waals surface area (Å²) in [6.07, 6.45) is 3.83. The number of esters is 4. The van der Waals surface area contributed by atoms with Gasteiger partial charge in [-0.25, -0.2) is 0 Å². The minimum Gasteiger partial charge on any atom is -0.481 e. The monoisotopic (exact) mass is 730 g/mol. The lowest BCUT2D eigenvalue weighted by Gasteiger charge is -2.48. The van der Waals surface area contributed by atoms with Gasteiger partial charge < -0.3 is 34.3 Å². The average molecular weight is 731 g/mol. The summed E-state index contributed by atoms with van der Waals surface area (Å²) in [6, 6.07) is 0. The second-order valence-corrected chi connectivity index (χ2v) is 18.2. The van der Waals surface area contributed by atoms with Crippen LogP contribution in [-0.2, 0) is 47.7 Å². The standard InChI is InChI=1S/C39H54O13/c1-15-18(32-26(14-27(15)50-32)36(46)49-9-8-40)6-7-19-17-10-21(24(11-17)38(48)52-39(3,4)5)28(19)29-22(12-20-16(2)35(45)51-37(20)47)23-13-25(29)31(34(43)44)30(23)33(41)42/h15-32,40H,6-14H2,1-5H3,(H,41,42)(H,43,44). The molecule has 4 saturated carbocycles. The van der Waals surface area contributed by atoms with Gasteiger partial charge in [0.05, 0.1) is 54.3 Å². The SMILES string of the molecule is CC1C(=O)OC(=O)C1CC1C2CC(C(C(=O)O)C2C(=O)O)C1C1C(CCC2C(C)C3CC(C(=O)OCCO)C2O3)C2CC(C(=O)OC(C)(C)C)C1C2. The Morgan fingerprint density at radius 3 is 2.04 bits per heavy atom. The number of ether oxygens (including phenoxy) is 4. The smallest absolute Gasteiger partial charge is 0.317 e. The molecule has 7 fully saturated rings. The van der Waals surface area contributed by atoms with Crippen molar-refractivity contribution in [3.63, 3.8) is 0 Å². The zero-order chi connectivity index (χ0) is 37.5. The van der Waals surface area contributed by atoms with Crippen LogP contribution in [0.1, 0.15) is 79.6 Å². The summed E-state index contributed by atoms with van der Waals surface area (Å²) in [7, 11) is 0. The molecule has 6 bridgehead atoms. The number of rotatable bonds is 12. The van der Waals surface area contributed by atoms with Gasteiger partial charge >= 0.3 is 35.8 Å². The lowest BCUT2D eigenvalue weighted by Crippen LogP contribution is -2.49. The van der Waals surface area contributed by atoms with Crippen LogP contribution in [-0.4, -0.2) is 82.2 Å². The van der Waals surface area contributed by atoms with E-state index in [2.05, 4.69) is 6.92 Å². The molecule has 3 N–H and O–H groups in total. The fourth-order valence-electron chi connectivity index (χ4n) is 12.9. The molecule has 0 amide bonds. The highest BCUT2D eigenvalue weighted by Gasteiger charge is 2.69. The van der Waals surface area contributed by atoms with E-state index in [1.807, 2.05) is 20.8 Å². The van der Waals surface area contributed by atoms with Crippen LogP contribution in [0.25, 0.3) is 0 Å². The normalized spacial score (nSPS) is 45.8. The molecule has 18 atom stereocenters. The molecule has 288 valence electrons. The van der Waals surface area contributed by atoms with Gasteiger partial charge in [0, 0.05) is 0 Å². The molecular weight excluding hydrogens is 676 g/mol. The third-order valence-corrected chi connectivity index (χ3v) is 14.7. The summed E-state index contributed by atoms with van der Waals surface area (Å²) in [6.45, 7) is 9.00. The molecule has 0 aromatic heterocycles. The predicted octanol–water partition coefficient (Wildman–Crippen LogP) is 3.58. The summed E-state index contributed by atoms with van der Waals surface area (Å²) in [5.41, 5.74) is -0.690. The van der Waals surface area contributed by atoms with Gasteiger partial charge in [-0.2, -0.15) is 0 Å². The molecule has 13 heteroatoms. The lowest BCUT2D eigenvalue weighted by molar-refractivity contribution is -0.166. The molecule has 3 heterocycles. The van der Waals surface area contributed by atoms with E-state index in [1.54, 1.807) is 6.92 Å². The Kier molecular flexibility index (Phi) is 9.79. The van der Waals surface area contributed by atoms with Gasteiger partial charge in [0.1, 0.15) is 12.2 Å². The highest BCUT2D eigenvalue weighted by atomic mass is 16.6. The van der Waals surface area contributed by atoms with E-state index in [9.17, 15) is 44.1 Å². The topological polar surface area (TPSA) is 200 Å². The maximum atomic E-state index is 13.8. The average Bonchev–Trinajstić information content (AvgIpc) is 3.92. The Balaban J connectivity index is 1.21. The van der Waals surface area contributed by atoms with Crippen molar-refractivity contribution in [2.75, 3.05) is 13.2 Å². The van der Waals surface area contributed by atoms with Gasteiger partial charge in [-0.3, -0.25) is 28.8 Å². The molecule has 52 heavy (non-hydrogen) atoms. The lowest BCUT2D eigenvalue weighted by atomic mass is 9.55. The first-order valence-electron chi connectivity index (χ1n) is 19.4. The van der Waals surface area contributed by atoms with Crippen LogP contribution in [0.15, 0.2) is 0 Å². The molecule has 0 radical (unpaired) electrons. The first-order valence-corrected chi connectivity index (χ1v) is 19.4. The number of hydrogen-bond donors (Lipinski definition) is 3. The Labute approximate surface area is 303 Å². The molecule has 7 aliphatic rings. The molecule has 3 aliphatic heterocycles. The largest absolute Gasteiger partial charge is 0.481 e. The quantitative estimate of drug-likeness (QED) is 0.150. The Morgan fingerprint density at radius 1 is 0.788 bits per heavy atom. The number of carboxylic acid groups (broad SMARTS) is 2. The van der Waals surface area contributed by atoms with Crippen LogP contribution >= 0.6 is 0 Å². The van der Waals surface area contributed by atoms with Crippen molar-refractivity contribution >= 4 is 35.8 Å². The van der Waals surface area contributed by atoms with Gasteiger partial charge in [-0.05, 0) is 125 Å². The van der Waals surface area contributed by atoms with E-state index in [1.165, 1.54) is 0 Å². The fraction of sp³-hybridized carbons (Fsp3) is 0.846. The fourth-order valence-corrected chi connectivity index (χ4v) is 12.9. The van der Waals surface area contributed by atoms with Crippen molar-refractivity contribution in [1.82, 2.24) is 0 Å². The Bertz CT molecular complexity index is 1480. The van der Waals surface area contributed by atoms with Crippen LogP contribution in [0.2, 0.25) is 0 Å². The number of hydrogen-bond acceptors (Lipinski definition) is 11. The van der Waals surface area contributed by atoms with E-state index in [4.69, 9.17) is 18.9 Å². The number of aliphatic hydroxyl groups is 1. The Morgan fingerprint density at radius 2 is 1.44 bits per heavy atom. The minimum absolute atomic E-state index is 0.0606. The highest BCUT2D eigenvalue weighted by Crippen LogP contribution is 2.69. The number of carbonyl (C=O) groups is 6. The van der Waals surface area contributed by atoms with E-state index < -0.39 is 70.9 Å². The first kappa shape index (κ1) is 37.3. The molecule has 3 saturated heterocycles. The zero-order valence-electron chi connectivity index (χ0n) is 30.7. The summed E-state index contributed by atoms with van der Waals surface area (Å²) in [5, 5.41) is 30.1. The number of aliphatic hydroxyl groups excluding tert-OH is 1. The summed E-state index contributed by atoms with van der Waals surface area (Å²) >= 11 is 0. The third kappa shape index (κ3) is 6.15. The van der Waals surface area contributed by atoms with Crippen LogP contribution < -0.4 is 0 Å². The zero-order valence-corrected chi connectivity index (χ0v) is 30.7. The number of cyclic esters (lactones) is 2. The number of carboxylic acids is 2. The third-order valence-electron chi connectivity index (χ3n) is 14.7. The van der Waals surface area contributed by atoms with E-state index in [-0.39, 0.29) is 97.0 Å². The van der Waals surface area contributed by atoms with Gasteiger partial charge in [-0.1, -0.05) is 13.8 Å². The van der Waals surface area contributed by atoms with Crippen LogP contribution in [0, 0.1) is 94.7 Å². The maximum absolute atomic E-state index is 13.8. The number of fused-ring (bicyclic) bond motifs is 6. The van der Waals surface area contributed by atoms with Crippen molar-refractivity contribution < 1.29 is 63.0 Å².